The highest BCUT2D eigenvalue weighted by Crippen LogP contribution is 2.31. The Morgan fingerprint density at radius 2 is 1.94 bits per heavy atom. The zero-order chi connectivity index (χ0) is 13.2. The molecule has 0 saturated heterocycles. The first-order valence-electron chi connectivity index (χ1n) is 4.97. The van der Waals surface area contributed by atoms with Crippen molar-refractivity contribution in [2.75, 3.05) is 0 Å². The first-order chi connectivity index (χ1) is 7.71. The second-order valence-electron chi connectivity index (χ2n) is 3.87. The molecule has 1 aromatic rings. The summed E-state index contributed by atoms with van der Waals surface area (Å²) < 4.78 is 42.8. The molecular formula is C11H13ClF3NO. The van der Waals surface area contributed by atoms with E-state index < -0.39 is 18.3 Å². The lowest BCUT2D eigenvalue weighted by Gasteiger charge is -2.25. The van der Waals surface area contributed by atoms with Gasteiger partial charge in [0.25, 0.3) is 0 Å². The predicted molar refractivity (Wildman–Crippen MR) is 60.3 cm³/mol. The van der Waals surface area contributed by atoms with E-state index in [0.29, 0.717) is 0 Å². The number of nitrogens with two attached hydrogens (primary N) is 1. The lowest BCUT2D eigenvalue weighted by molar-refractivity contribution is -0.199. The molecule has 1 aromatic carbocycles. The molecule has 2 nitrogen and oxygen atoms in total. The molecule has 0 amide bonds. The van der Waals surface area contributed by atoms with Crippen LogP contribution < -0.4 is 10.5 Å². The van der Waals surface area contributed by atoms with Crippen LogP contribution >= 0.6 is 11.6 Å². The molecule has 2 atom stereocenters. The van der Waals surface area contributed by atoms with Gasteiger partial charge in [-0.3, -0.25) is 0 Å². The summed E-state index contributed by atoms with van der Waals surface area (Å²) in [6.45, 7) is 2.97. The summed E-state index contributed by atoms with van der Waals surface area (Å²) in [5.74, 6) is -0.00806. The van der Waals surface area contributed by atoms with Crippen molar-refractivity contribution in [3.63, 3.8) is 0 Å². The van der Waals surface area contributed by atoms with Crippen LogP contribution in [-0.4, -0.2) is 18.3 Å². The van der Waals surface area contributed by atoms with Gasteiger partial charge >= 0.3 is 6.18 Å². The molecule has 0 fully saturated rings. The van der Waals surface area contributed by atoms with Crippen LogP contribution in [0.5, 0.6) is 5.75 Å². The van der Waals surface area contributed by atoms with Gasteiger partial charge in [-0.15, -0.1) is 0 Å². The van der Waals surface area contributed by atoms with Crippen LogP contribution in [0.4, 0.5) is 13.2 Å². The Labute approximate surface area is 103 Å². The van der Waals surface area contributed by atoms with Crippen LogP contribution in [0.2, 0.25) is 5.02 Å². The molecule has 17 heavy (non-hydrogen) atoms. The van der Waals surface area contributed by atoms with Crippen LogP contribution in [0.3, 0.4) is 0 Å². The fourth-order valence-electron chi connectivity index (χ4n) is 1.31. The van der Waals surface area contributed by atoms with E-state index in [1.165, 1.54) is 19.1 Å². The van der Waals surface area contributed by atoms with Gasteiger partial charge in [0.2, 0.25) is 6.10 Å². The van der Waals surface area contributed by atoms with Crippen molar-refractivity contribution in [2.24, 2.45) is 5.73 Å². The van der Waals surface area contributed by atoms with Crippen molar-refractivity contribution < 1.29 is 17.9 Å². The fourth-order valence-corrected chi connectivity index (χ4v) is 1.47. The molecular weight excluding hydrogens is 255 g/mol. The summed E-state index contributed by atoms with van der Waals surface area (Å²) in [6.07, 6.45) is -6.59. The standard InChI is InChI=1S/C11H13ClF3NO/c1-6-3-4-8(12)9(5-6)17-10(7(2)16)11(13,14)15/h3-5,7,10H,16H2,1-2H3. The molecule has 2 unspecified atom stereocenters. The first kappa shape index (κ1) is 14.1. The van der Waals surface area contributed by atoms with Crippen molar-refractivity contribution in [3.8, 4) is 5.75 Å². The minimum absolute atomic E-state index is 0.00806. The highest BCUT2D eigenvalue weighted by molar-refractivity contribution is 6.32. The minimum atomic E-state index is -4.53. The van der Waals surface area contributed by atoms with Crippen molar-refractivity contribution in [1.29, 1.82) is 0 Å². The molecule has 0 aliphatic carbocycles. The molecule has 0 aliphatic heterocycles. The summed E-state index contributed by atoms with van der Waals surface area (Å²) in [4.78, 5) is 0. The van der Waals surface area contributed by atoms with Crippen LogP contribution in [0.15, 0.2) is 18.2 Å². The Morgan fingerprint density at radius 1 is 1.35 bits per heavy atom. The van der Waals surface area contributed by atoms with Gasteiger partial charge in [-0.2, -0.15) is 13.2 Å². The number of benzene rings is 1. The number of halogens is 4. The van der Waals surface area contributed by atoms with Crippen molar-refractivity contribution in [2.45, 2.75) is 32.2 Å². The summed E-state index contributed by atoms with van der Waals surface area (Å²) in [7, 11) is 0. The van der Waals surface area contributed by atoms with Gasteiger partial charge < -0.3 is 10.5 Å². The predicted octanol–water partition coefficient (Wildman–Crippen LogP) is 3.31. The van der Waals surface area contributed by atoms with E-state index in [0.717, 1.165) is 5.56 Å². The Morgan fingerprint density at radius 3 is 2.41 bits per heavy atom. The molecule has 0 aliphatic rings. The number of rotatable bonds is 3. The van der Waals surface area contributed by atoms with Crippen LogP contribution in [0.25, 0.3) is 0 Å². The lowest BCUT2D eigenvalue weighted by atomic mass is 10.2. The van der Waals surface area contributed by atoms with E-state index in [2.05, 4.69) is 0 Å². The summed E-state index contributed by atoms with van der Waals surface area (Å²) in [6, 6.07) is 3.44. The maximum Gasteiger partial charge on any atom is 0.426 e. The number of ether oxygens (including phenoxy) is 1. The quantitative estimate of drug-likeness (QED) is 0.912. The molecule has 0 saturated carbocycles. The minimum Gasteiger partial charge on any atom is -0.478 e. The van der Waals surface area contributed by atoms with Gasteiger partial charge in [0.15, 0.2) is 0 Å². The fraction of sp³-hybridized carbons (Fsp3) is 0.455. The van der Waals surface area contributed by atoms with E-state index in [-0.39, 0.29) is 10.8 Å². The van der Waals surface area contributed by atoms with Crippen molar-refractivity contribution >= 4 is 11.6 Å². The maximum absolute atomic E-state index is 12.6. The van der Waals surface area contributed by atoms with Gasteiger partial charge in [0.05, 0.1) is 5.02 Å². The Bertz CT molecular complexity index is 393. The second-order valence-corrected chi connectivity index (χ2v) is 4.28. The van der Waals surface area contributed by atoms with E-state index in [9.17, 15) is 13.2 Å². The largest absolute Gasteiger partial charge is 0.478 e. The molecule has 96 valence electrons. The third kappa shape index (κ3) is 3.78. The smallest absolute Gasteiger partial charge is 0.426 e. The Hall–Kier alpha value is -0.940. The number of aryl methyl sites for hydroxylation is 1. The molecule has 6 heteroatoms. The van der Waals surface area contributed by atoms with Gasteiger partial charge in [-0.05, 0) is 31.5 Å². The van der Waals surface area contributed by atoms with Crippen LogP contribution in [-0.2, 0) is 0 Å². The van der Waals surface area contributed by atoms with Crippen LogP contribution in [0, 0.1) is 6.92 Å². The van der Waals surface area contributed by atoms with Gasteiger partial charge in [0.1, 0.15) is 5.75 Å². The third-order valence-corrected chi connectivity index (χ3v) is 2.45. The average Bonchev–Trinajstić information content (AvgIpc) is 2.17. The molecule has 0 spiro atoms. The summed E-state index contributed by atoms with van der Waals surface area (Å²) in [5.41, 5.74) is 6.03. The highest BCUT2D eigenvalue weighted by Gasteiger charge is 2.44. The number of hydrogen-bond acceptors (Lipinski definition) is 2. The van der Waals surface area contributed by atoms with Crippen molar-refractivity contribution in [1.82, 2.24) is 0 Å². The molecule has 1 rings (SSSR count). The van der Waals surface area contributed by atoms with E-state index in [4.69, 9.17) is 22.1 Å². The first-order valence-corrected chi connectivity index (χ1v) is 5.34. The normalized spacial score (nSPS) is 15.5. The summed E-state index contributed by atoms with van der Waals surface area (Å²) >= 11 is 5.76. The van der Waals surface area contributed by atoms with E-state index in [1.54, 1.807) is 13.0 Å². The zero-order valence-corrected chi connectivity index (χ0v) is 10.1. The number of hydrogen-bond donors (Lipinski definition) is 1. The van der Waals surface area contributed by atoms with Crippen molar-refractivity contribution in [3.05, 3.63) is 28.8 Å². The summed E-state index contributed by atoms with van der Waals surface area (Å²) in [5, 5.41) is 0.130. The van der Waals surface area contributed by atoms with Crippen LogP contribution in [0.1, 0.15) is 12.5 Å². The highest BCUT2D eigenvalue weighted by atomic mass is 35.5. The van der Waals surface area contributed by atoms with Gasteiger partial charge in [0, 0.05) is 6.04 Å². The molecule has 2 N–H and O–H groups in total. The Kier molecular flexibility index (Phi) is 4.27. The van der Waals surface area contributed by atoms with Gasteiger partial charge in [-0.1, -0.05) is 17.7 Å². The zero-order valence-electron chi connectivity index (χ0n) is 9.38. The molecule has 0 radical (unpaired) electrons. The maximum atomic E-state index is 12.6. The monoisotopic (exact) mass is 267 g/mol. The number of alkyl halides is 3. The Balaban J connectivity index is 2.98. The third-order valence-electron chi connectivity index (χ3n) is 2.14. The van der Waals surface area contributed by atoms with Gasteiger partial charge in [-0.25, -0.2) is 0 Å². The molecule has 0 bridgehead atoms. The van der Waals surface area contributed by atoms with E-state index >= 15 is 0 Å². The molecule has 0 heterocycles. The lowest BCUT2D eigenvalue weighted by Crippen LogP contribution is -2.47. The average molecular weight is 268 g/mol. The second kappa shape index (κ2) is 5.14. The topological polar surface area (TPSA) is 35.2 Å². The SMILES string of the molecule is Cc1ccc(Cl)c(OC(C(C)N)C(F)(F)F)c1. The van der Waals surface area contributed by atoms with E-state index in [1.807, 2.05) is 0 Å². The molecule has 0 aromatic heterocycles.